The summed E-state index contributed by atoms with van der Waals surface area (Å²) in [7, 11) is 0. The van der Waals surface area contributed by atoms with E-state index in [0.717, 1.165) is 22.3 Å². The highest BCUT2D eigenvalue weighted by Gasteiger charge is 2.12. The van der Waals surface area contributed by atoms with Gasteiger partial charge in [0, 0.05) is 16.5 Å². The Morgan fingerprint density at radius 2 is 1.84 bits per heavy atom. The van der Waals surface area contributed by atoms with Gasteiger partial charge in [0.25, 0.3) is 0 Å². The first-order valence-electron chi connectivity index (χ1n) is 6.40. The van der Waals surface area contributed by atoms with Gasteiger partial charge in [-0.25, -0.2) is 0 Å². The number of Topliss-reactive ketones (excluding diaryl/α,β-unsaturated/α-hetero) is 1. The lowest BCUT2D eigenvalue weighted by Crippen LogP contribution is -2.07. The Morgan fingerprint density at radius 1 is 1.11 bits per heavy atom. The molecule has 2 rings (SSSR count). The lowest BCUT2D eigenvalue weighted by molar-refractivity contribution is 0.0939. The zero-order valence-electron chi connectivity index (χ0n) is 11.4. The van der Waals surface area contributed by atoms with E-state index < -0.39 is 0 Å². The normalized spacial score (nSPS) is 10.8. The maximum Gasteiger partial charge on any atom is 0.165 e. The van der Waals surface area contributed by atoms with Crippen LogP contribution in [0.4, 0.5) is 0 Å². The molecule has 0 heterocycles. The van der Waals surface area contributed by atoms with Crippen molar-refractivity contribution in [1.82, 2.24) is 0 Å². The lowest BCUT2D eigenvalue weighted by Gasteiger charge is -2.10. The SMILES string of the molecule is Cc1ccc(C(=O)C(C)C)cc1-c1cccc(Cl)c1. The molecule has 0 unspecified atom stereocenters. The van der Waals surface area contributed by atoms with Crippen LogP contribution in [0.1, 0.15) is 29.8 Å². The number of carbonyl (C=O) groups excluding carboxylic acids is 1. The fourth-order valence-corrected chi connectivity index (χ4v) is 2.27. The molecule has 0 radical (unpaired) electrons. The van der Waals surface area contributed by atoms with Crippen molar-refractivity contribution in [2.24, 2.45) is 5.92 Å². The highest BCUT2D eigenvalue weighted by atomic mass is 35.5. The zero-order valence-corrected chi connectivity index (χ0v) is 12.2. The van der Waals surface area contributed by atoms with Crippen molar-refractivity contribution in [1.29, 1.82) is 0 Å². The molecule has 0 aromatic heterocycles. The van der Waals surface area contributed by atoms with E-state index in [1.807, 2.05) is 63.2 Å². The Bertz CT molecular complexity index is 614. The number of hydrogen-bond donors (Lipinski definition) is 0. The van der Waals surface area contributed by atoms with Crippen LogP contribution in [0.25, 0.3) is 11.1 Å². The standard InChI is InChI=1S/C17H17ClO/c1-11(2)17(19)14-8-7-12(3)16(10-14)13-5-4-6-15(18)9-13/h4-11H,1-3H3. The zero-order chi connectivity index (χ0) is 14.0. The maximum absolute atomic E-state index is 12.1. The molecule has 0 atom stereocenters. The molecule has 2 aromatic rings. The third-order valence-corrected chi connectivity index (χ3v) is 3.42. The molecule has 0 saturated heterocycles. The molecule has 0 aliphatic rings. The summed E-state index contributed by atoms with van der Waals surface area (Å²) in [6, 6.07) is 13.6. The molecule has 0 spiro atoms. The Hall–Kier alpha value is -1.60. The fraction of sp³-hybridized carbons (Fsp3) is 0.235. The van der Waals surface area contributed by atoms with Gasteiger partial charge >= 0.3 is 0 Å². The van der Waals surface area contributed by atoms with Gasteiger partial charge in [-0.2, -0.15) is 0 Å². The first kappa shape index (κ1) is 13.8. The van der Waals surface area contributed by atoms with E-state index in [0.29, 0.717) is 5.02 Å². The van der Waals surface area contributed by atoms with E-state index >= 15 is 0 Å². The van der Waals surface area contributed by atoms with E-state index in [2.05, 4.69) is 0 Å². The predicted molar refractivity (Wildman–Crippen MR) is 80.8 cm³/mol. The van der Waals surface area contributed by atoms with Crippen molar-refractivity contribution in [3.05, 3.63) is 58.6 Å². The molecule has 0 aliphatic heterocycles. The first-order chi connectivity index (χ1) is 8.99. The molecule has 0 fully saturated rings. The Labute approximate surface area is 119 Å². The summed E-state index contributed by atoms with van der Waals surface area (Å²) >= 11 is 6.03. The molecule has 1 nitrogen and oxygen atoms in total. The molecule has 98 valence electrons. The minimum atomic E-state index is 0.00918. The number of rotatable bonds is 3. The van der Waals surface area contributed by atoms with Gasteiger partial charge < -0.3 is 0 Å². The summed E-state index contributed by atoms with van der Waals surface area (Å²) < 4.78 is 0. The summed E-state index contributed by atoms with van der Waals surface area (Å²) in [5.41, 5.74) is 4.01. The van der Waals surface area contributed by atoms with Crippen molar-refractivity contribution < 1.29 is 4.79 Å². The second kappa shape index (κ2) is 5.58. The van der Waals surface area contributed by atoms with Gasteiger partial charge in [0.15, 0.2) is 5.78 Å². The van der Waals surface area contributed by atoms with Gasteiger partial charge in [0.1, 0.15) is 0 Å². The number of aryl methyl sites for hydroxylation is 1. The molecule has 0 aliphatic carbocycles. The van der Waals surface area contributed by atoms with Gasteiger partial charge in [-0.1, -0.05) is 49.7 Å². The maximum atomic E-state index is 12.1. The summed E-state index contributed by atoms with van der Waals surface area (Å²) in [4.78, 5) is 12.1. The number of halogens is 1. The van der Waals surface area contributed by atoms with Crippen molar-refractivity contribution in [3.8, 4) is 11.1 Å². The molecule has 0 N–H and O–H groups in total. The van der Waals surface area contributed by atoms with Crippen LogP contribution in [-0.2, 0) is 0 Å². The summed E-state index contributed by atoms with van der Waals surface area (Å²) in [6.45, 7) is 5.88. The molecule has 0 saturated carbocycles. The monoisotopic (exact) mass is 272 g/mol. The molecule has 2 heteroatoms. The van der Waals surface area contributed by atoms with E-state index in [1.54, 1.807) is 0 Å². The summed E-state index contributed by atoms with van der Waals surface area (Å²) in [5, 5.41) is 0.706. The third kappa shape index (κ3) is 3.05. The van der Waals surface area contributed by atoms with Crippen molar-refractivity contribution >= 4 is 17.4 Å². The van der Waals surface area contributed by atoms with Gasteiger partial charge in [-0.3, -0.25) is 4.79 Å². The quantitative estimate of drug-likeness (QED) is 0.706. The van der Waals surface area contributed by atoms with Crippen LogP contribution in [0, 0.1) is 12.8 Å². The van der Waals surface area contributed by atoms with Crippen molar-refractivity contribution in [2.75, 3.05) is 0 Å². The van der Waals surface area contributed by atoms with Crippen LogP contribution < -0.4 is 0 Å². The second-order valence-electron chi connectivity index (χ2n) is 5.06. The lowest BCUT2D eigenvalue weighted by atomic mass is 9.94. The summed E-state index contributed by atoms with van der Waals surface area (Å²) in [5.74, 6) is 0.179. The number of ketones is 1. The Balaban J connectivity index is 2.51. The minimum absolute atomic E-state index is 0.00918. The average Bonchev–Trinajstić information content (AvgIpc) is 2.38. The van der Waals surface area contributed by atoms with Crippen LogP contribution in [0.15, 0.2) is 42.5 Å². The van der Waals surface area contributed by atoms with E-state index in [9.17, 15) is 4.79 Å². The molecule has 2 aromatic carbocycles. The van der Waals surface area contributed by atoms with Crippen molar-refractivity contribution in [2.45, 2.75) is 20.8 Å². The average molecular weight is 273 g/mol. The molecular formula is C17H17ClO. The van der Waals surface area contributed by atoms with Gasteiger partial charge in [0.2, 0.25) is 0 Å². The van der Waals surface area contributed by atoms with Gasteiger partial charge in [-0.05, 0) is 41.8 Å². The fourth-order valence-electron chi connectivity index (χ4n) is 2.08. The predicted octanol–water partition coefficient (Wildman–Crippen LogP) is 5.15. The second-order valence-corrected chi connectivity index (χ2v) is 5.50. The molecule has 0 bridgehead atoms. The molecule has 19 heavy (non-hydrogen) atoms. The Morgan fingerprint density at radius 3 is 2.47 bits per heavy atom. The van der Waals surface area contributed by atoms with Crippen LogP contribution in [-0.4, -0.2) is 5.78 Å². The number of carbonyl (C=O) groups is 1. The molecule has 0 amide bonds. The van der Waals surface area contributed by atoms with E-state index in [1.165, 1.54) is 0 Å². The number of benzene rings is 2. The van der Waals surface area contributed by atoms with Crippen molar-refractivity contribution in [3.63, 3.8) is 0 Å². The minimum Gasteiger partial charge on any atom is -0.294 e. The van der Waals surface area contributed by atoms with Crippen LogP contribution in [0.3, 0.4) is 0 Å². The van der Waals surface area contributed by atoms with E-state index in [4.69, 9.17) is 11.6 Å². The largest absolute Gasteiger partial charge is 0.294 e. The summed E-state index contributed by atoms with van der Waals surface area (Å²) in [6.07, 6.45) is 0. The van der Waals surface area contributed by atoms with Gasteiger partial charge in [0.05, 0.1) is 0 Å². The smallest absolute Gasteiger partial charge is 0.165 e. The van der Waals surface area contributed by atoms with Crippen LogP contribution in [0.5, 0.6) is 0 Å². The molecular weight excluding hydrogens is 256 g/mol. The first-order valence-corrected chi connectivity index (χ1v) is 6.77. The van der Waals surface area contributed by atoms with Gasteiger partial charge in [-0.15, -0.1) is 0 Å². The van der Waals surface area contributed by atoms with E-state index in [-0.39, 0.29) is 11.7 Å². The highest BCUT2D eigenvalue weighted by molar-refractivity contribution is 6.30. The third-order valence-electron chi connectivity index (χ3n) is 3.18. The van der Waals surface area contributed by atoms with Crippen LogP contribution >= 0.6 is 11.6 Å². The Kier molecular flexibility index (Phi) is 4.06. The topological polar surface area (TPSA) is 17.1 Å². The van der Waals surface area contributed by atoms with Crippen LogP contribution in [0.2, 0.25) is 5.02 Å². The highest BCUT2D eigenvalue weighted by Crippen LogP contribution is 2.27. The number of hydrogen-bond acceptors (Lipinski definition) is 1.